The van der Waals surface area contributed by atoms with Gasteiger partial charge in [0.05, 0.1) is 24.5 Å². The lowest BCUT2D eigenvalue weighted by atomic mass is 10.1. The van der Waals surface area contributed by atoms with Crippen molar-refractivity contribution in [2.24, 2.45) is 0 Å². The first-order chi connectivity index (χ1) is 13.2. The molecule has 0 aliphatic carbocycles. The summed E-state index contributed by atoms with van der Waals surface area (Å²) < 4.78 is 25.0. The van der Waals surface area contributed by atoms with E-state index >= 15 is 0 Å². The normalized spacial score (nSPS) is 13.2. The van der Waals surface area contributed by atoms with E-state index in [-0.39, 0.29) is 17.4 Å². The first-order valence-electron chi connectivity index (χ1n) is 8.43. The number of aromatic nitrogens is 3. The molecule has 0 radical (unpaired) electrons. The molecule has 1 aliphatic heterocycles. The Bertz CT molecular complexity index is 976. The van der Waals surface area contributed by atoms with Crippen LogP contribution in [0.1, 0.15) is 16.8 Å². The van der Waals surface area contributed by atoms with Crippen LogP contribution < -0.4 is 9.47 Å². The second-order valence-electron chi connectivity index (χ2n) is 5.87. The van der Waals surface area contributed by atoms with Crippen LogP contribution in [0.2, 0.25) is 0 Å². The topological polar surface area (TPSA) is 77.1 Å². The van der Waals surface area contributed by atoms with Crippen LogP contribution in [0.15, 0.2) is 47.6 Å². The molecule has 138 valence electrons. The number of hydrogen-bond acceptors (Lipinski definition) is 6. The fraction of sp³-hybridized carbons (Fsp3) is 0.211. The molecule has 1 aliphatic rings. The standard InChI is InChI=1S/C19H16FN3O3S/c20-14-5-2-1-4-13(14)18-21-19(23-22-18)27-11-15(24)12-6-7-16-17(10-12)26-9-3-8-25-16/h1-2,4-7,10H,3,8-9,11H2,(H,21,22,23). The van der Waals surface area contributed by atoms with Crippen molar-refractivity contribution in [1.82, 2.24) is 15.2 Å². The maximum atomic E-state index is 13.8. The van der Waals surface area contributed by atoms with Crippen LogP contribution in [-0.2, 0) is 0 Å². The lowest BCUT2D eigenvalue weighted by Gasteiger charge is -2.08. The highest BCUT2D eigenvalue weighted by molar-refractivity contribution is 7.99. The van der Waals surface area contributed by atoms with Crippen LogP contribution >= 0.6 is 11.8 Å². The Morgan fingerprint density at radius 3 is 2.81 bits per heavy atom. The Labute approximate surface area is 159 Å². The highest BCUT2D eigenvalue weighted by Crippen LogP contribution is 2.31. The molecule has 3 aromatic rings. The molecule has 0 saturated carbocycles. The van der Waals surface area contributed by atoms with Crippen LogP contribution in [0.3, 0.4) is 0 Å². The van der Waals surface area contributed by atoms with Crippen molar-refractivity contribution in [3.63, 3.8) is 0 Å². The number of benzene rings is 2. The lowest BCUT2D eigenvalue weighted by Crippen LogP contribution is -2.03. The highest BCUT2D eigenvalue weighted by Gasteiger charge is 2.16. The SMILES string of the molecule is O=C(CSc1n[nH]c(-c2ccccc2F)n1)c1ccc2c(c1)OCCCO2. The third-order valence-electron chi connectivity index (χ3n) is 4.00. The molecule has 0 bridgehead atoms. The molecule has 0 fully saturated rings. The van der Waals surface area contributed by atoms with E-state index in [1.165, 1.54) is 17.8 Å². The number of hydrogen-bond donors (Lipinski definition) is 1. The number of nitrogens with one attached hydrogen (secondary N) is 1. The Balaban J connectivity index is 1.43. The number of aromatic amines is 1. The monoisotopic (exact) mass is 385 g/mol. The number of rotatable bonds is 5. The van der Waals surface area contributed by atoms with Gasteiger partial charge in [0, 0.05) is 12.0 Å². The fourth-order valence-corrected chi connectivity index (χ4v) is 3.33. The number of thioether (sulfide) groups is 1. The molecule has 1 aromatic heterocycles. The van der Waals surface area contributed by atoms with Crippen molar-refractivity contribution in [1.29, 1.82) is 0 Å². The minimum absolute atomic E-state index is 0.0760. The molecule has 27 heavy (non-hydrogen) atoms. The molecule has 0 saturated heterocycles. The molecule has 4 rings (SSSR count). The molecule has 0 unspecified atom stereocenters. The average Bonchev–Trinajstić information content (AvgIpc) is 3.03. The summed E-state index contributed by atoms with van der Waals surface area (Å²) in [5.41, 5.74) is 0.877. The Morgan fingerprint density at radius 2 is 1.96 bits per heavy atom. The third-order valence-corrected chi connectivity index (χ3v) is 4.84. The number of fused-ring (bicyclic) bond motifs is 1. The largest absolute Gasteiger partial charge is 0.490 e. The van der Waals surface area contributed by atoms with E-state index in [9.17, 15) is 9.18 Å². The summed E-state index contributed by atoms with van der Waals surface area (Å²) in [6.45, 7) is 1.17. The van der Waals surface area contributed by atoms with Crippen LogP contribution in [0.4, 0.5) is 4.39 Å². The molecule has 0 atom stereocenters. The number of nitrogens with zero attached hydrogens (tertiary/aromatic N) is 2. The van der Waals surface area contributed by atoms with Gasteiger partial charge in [-0.2, -0.15) is 0 Å². The molecular weight excluding hydrogens is 369 g/mol. The number of H-pyrrole nitrogens is 1. The van der Waals surface area contributed by atoms with E-state index in [1.54, 1.807) is 36.4 Å². The smallest absolute Gasteiger partial charge is 0.209 e. The van der Waals surface area contributed by atoms with E-state index in [4.69, 9.17) is 9.47 Å². The molecule has 0 amide bonds. The average molecular weight is 385 g/mol. The van der Waals surface area contributed by atoms with Crippen molar-refractivity contribution >= 4 is 17.5 Å². The fourth-order valence-electron chi connectivity index (χ4n) is 2.63. The summed E-state index contributed by atoms with van der Waals surface area (Å²) in [6.07, 6.45) is 0.809. The van der Waals surface area contributed by atoms with Crippen molar-refractivity contribution in [2.45, 2.75) is 11.6 Å². The summed E-state index contributed by atoms with van der Waals surface area (Å²) in [4.78, 5) is 16.7. The maximum absolute atomic E-state index is 13.8. The van der Waals surface area contributed by atoms with Crippen molar-refractivity contribution in [2.75, 3.05) is 19.0 Å². The number of ketones is 1. The summed E-state index contributed by atoms with van der Waals surface area (Å²) >= 11 is 1.19. The van der Waals surface area contributed by atoms with Gasteiger partial charge in [-0.15, -0.1) is 5.10 Å². The minimum atomic E-state index is -0.381. The number of halogens is 1. The third kappa shape index (κ3) is 3.95. The number of ether oxygens (including phenoxy) is 2. The van der Waals surface area contributed by atoms with Crippen molar-refractivity contribution < 1.29 is 18.7 Å². The van der Waals surface area contributed by atoms with Gasteiger partial charge in [-0.1, -0.05) is 23.9 Å². The van der Waals surface area contributed by atoms with E-state index in [0.717, 1.165) is 6.42 Å². The second kappa shape index (κ2) is 7.79. The molecule has 2 aromatic carbocycles. The molecule has 1 N–H and O–H groups in total. The van der Waals surface area contributed by atoms with Crippen LogP contribution in [0, 0.1) is 5.82 Å². The van der Waals surface area contributed by atoms with Crippen molar-refractivity contribution in [3.8, 4) is 22.9 Å². The summed E-state index contributed by atoms with van der Waals surface area (Å²) in [7, 11) is 0. The van der Waals surface area contributed by atoms with Gasteiger partial charge in [0.2, 0.25) is 5.16 Å². The zero-order valence-electron chi connectivity index (χ0n) is 14.3. The minimum Gasteiger partial charge on any atom is -0.490 e. The van der Waals surface area contributed by atoms with E-state index in [2.05, 4.69) is 15.2 Å². The number of Topliss-reactive ketones (excluding diaryl/α,β-unsaturated/α-hetero) is 1. The van der Waals surface area contributed by atoms with E-state index in [1.807, 2.05) is 0 Å². The van der Waals surface area contributed by atoms with E-state index < -0.39 is 0 Å². The highest BCUT2D eigenvalue weighted by atomic mass is 32.2. The predicted octanol–water partition coefficient (Wildman–Crippen LogP) is 3.75. The van der Waals surface area contributed by atoms with Crippen LogP contribution in [0.25, 0.3) is 11.4 Å². The molecule has 6 nitrogen and oxygen atoms in total. The molecule has 8 heteroatoms. The summed E-state index contributed by atoms with van der Waals surface area (Å²) in [5, 5.41) is 7.13. The number of carbonyl (C=O) groups excluding carboxylic acids is 1. The summed E-state index contributed by atoms with van der Waals surface area (Å²) in [6, 6.07) is 11.5. The van der Waals surface area contributed by atoms with Gasteiger partial charge < -0.3 is 9.47 Å². The molecule has 0 spiro atoms. The van der Waals surface area contributed by atoms with Crippen LogP contribution in [0.5, 0.6) is 11.5 Å². The first-order valence-corrected chi connectivity index (χ1v) is 9.42. The van der Waals surface area contributed by atoms with Gasteiger partial charge in [-0.25, -0.2) is 9.37 Å². The Hall–Kier alpha value is -2.87. The quantitative estimate of drug-likeness (QED) is 0.532. The van der Waals surface area contributed by atoms with E-state index in [0.29, 0.717) is 46.8 Å². The first kappa shape index (κ1) is 17.5. The lowest BCUT2D eigenvalue weighted by molar-refractivity contribution is 0.102. The van der Waals surface area contributed by atoms with Gasteiger partial charge in [-0.05, 0) is 30.3 Å². The predicted molar refractivity (Wildman–Crippen MR) is 98.9 cm³/mol. The Morgan fingerprint density at radius 1 is 1.15 bits per heavy atom. The maximum Gasteiger partial charge on any atom is 0.209 e. The van der Waals surface area contributed by atoms with Gasteiger partial charge in [0.1, 0.15) is 5.82 Å². The van der Waals surface area contributed by atoms with Gasteiger partial charge in [0.15, 0.2) is 23.1 Å². The number of carbonyl (C=O) groups is 1. The Kier molecular flexibility index (Phi) is 5.06. The zero-order chi connectivity index (χ0) is 18.6. The van der Waals surface area contributed by atoms with Gasteiger partial charge in [-0.3, -0.25) is 9.89 Å². The zero-order valence-corrected chi connectivity index (χ0v) is 15.1. The van der Waals surface area contributed by atoms with Crippen molar-refractivity contribution in [3.05, 3.63) is 53.8 Å². The summed E-state index contributed by atoms with van der Waals surface area (Å²) in [5.74, 6) is 1.28. The molecular formula is C19H16FN3O3S. The van der Waals surface area contributed by atoms with Crippen LogP contribution in [-0.4, -0.2) is 39.9 Å². The molecule has 2 heterocycles. The van der Waals surface area contributed by atoms with Gasteiger partial charge >= 0.3 is 0 Å². The second-order valence-corrected chi connectivity index (χ2v) is 6.81. The van der Waals surface area contributed by atoms with Gasteiger partial charge in [0.25, 0.3) is 0 Å².